The first-order valence-electron chi connectivity index (χ1n) is 6.32. The normalized spacial score (nSPS) is 15.2. The fraction of sp³-hybridized carbons (Fsp3) is 0.917. The molecule has 0 saturated heterocycles. The van der Waals surface area contributed by atoms with Crippen molar-refractivity contribution in [2.45, 2.75) is 64.1 Å². The maximum absolute atomic E-state index is 12.8. The van der Waals surface area contributed by atoms with Gasteiger partial charge in [-0.15, -0.1) is 0 Å². The highest BCUT2D eigenvalue weighted by atomic mass is 19.4. The molecule has 0 radical (unpaired) electrons. The summed E-state index contributed by atoms with van der Waals surface area (Å²) in [5.74, 6) is -1.87. The van der Waals surface area contributed by atoms with Gasteiger partial charge in [-0.25, -0.2) is 0 Å². The van der Waals surface area contributed by atoms with Crippen LogP contribution >= 0.6 is 0 Å². The van der Waals surface area contributed by atoms with Crippen LogP contribution in [0.3, 0.4) is 0 Å². The van der Waals surface area contributed by atoms with Gasteiger partial charge in [0.25, 0.3) is 5.60 Å². The molecule has 0 aliphatic rings. The summed E-state index contributed by atoms with van der Waals surface area (Å²) in [6.45, 7) is 4.22. The average Bonchev–Trinajstić information content (AvgIpc) is 2.23. The molecular formula is C12H18F6O3. The Kier molecular flexibility index (Phi) is 6.52. The predicted molar refractivity (Wildman–Crippen MR) is 61.3 cm³/mol. The van der Waals surface area contributed by atoms with Crippen molar-refractivity contribution in [3.63, 3.8) is 0 Å². The number of ether oxygens (including phenoxy) is 1. The van der Waals surface area contributed by atoms with Gasteiger partial charge in [-0.05, 0) is 18.8 Å². The highest BCUT2D eigenvalue weighted by Crippen LogP contribution is 2.47. The SMILES string of the molecule is CCCC(=O)OC(CC(C)C)C(O)(C(F)(F)F)C(F)(F)F. The van der Waals surface area contributed by atoms with Gasteiger partial charge < -0.3 is 9.84 Å². The van der Waals surface area contributed by atoms with E-state index in [0.717, 1.165) is 0 Å². The number of alkyl halides is 6. The van der Waals surface area contributed by atoms with Crippen molar-refractivity contribution >= 4 is 5.97 Å². The minimum Gasteiger partial charge on any atom is -0.459 e. The average molecular weight is 324 g/mol. The molecule has 0 aromatic rings. The summed E-state index contributed by atoms with van der Waals surface area (Å²) in [5, 5.41) is 9.28. The Morgan fingerprint density at radius 1 is 1.10 bits per heavy atom. The molecule has 126 valence electrons. The summed E-state index contributed by atoms with van der Waals surface area (Å²) in [7, 11) is 0. The van der Waals surface area contributed by atoms with Crippen LogP contribution < -0.4 is 0 Å². The number of hydrogen-bond donors (Lipinski definition) is 1. The Morgan fingerprint density at radius 2 is 1.52 bits per heavy atom. The first-order chi connectivity index (χ1) is 9.27. The van der Waals surface area contributed by atoms with E-state index < -0.39 is 42.4 Å². The molecule has 0 rings (SSSR count). The van der Waals surface area contributed by atoms with Crippen molar-refractivity contribution < 1.29 is 41.0 Å². The van der Waals surface area contributed by atoms with Crippen molar-refractivity contribution in [3.8, 4) is 0 Å². The van der Waals surface area contributed by atoms with Crippen LogP contribution in [0.2, 0.25) is 0 Å². The van der Waals surface area contributed by atoms with Crippen LogP contribution in [0.4, 0.5) is 26.3 Å². The van der Waals surface area contributed by atoms with Crippen LogP contribution in [-0.2, 0) is 9.53 Å². The second kappa shape index (κ2) is 6.85. The van der Waals surface area contributed by atoms with Gasteiger partial charge in [-0.3, -0.25) is 4.79 Å². The predicted octanol–water partition coefficient (Wildman–Crippen LogP) is 3.60. The lowest BCUT2D eigenvalue weighted by Gasteiger charge is -2.38. The van der Waals surface area contributed by atoms with E-state index in [-0.39, 0.29) is 12.8 Å². The van der Waals surface area contributed by atoms with Crippen LogP contribution in [0, 0.1) is 5.92 Å². The number of esters is 1. The summed E-state index contributed by atoms with van der Waals surface area (Å²) in [6.07, 6.45) is -15.7. The van der Waals surface area contributed by atoms with E-state index in [0.29, 0.717) is 0 Å². The lowest BCUT2D eigenvalue weighted by Crippen LogP contribution is -2.65. The number of carbonyl (C=O) groups is 1. The molecule has 3 nitrogen and oxygen atoms in total. The Labute approximate surface area is 118 Å². The van der Waals surface area contributed by atoms with Crippen molar-refractivity contribution in [2.75, 3.05) is 0 Å². The molecule has 0 aromatic carbocycles. The maximum atomic E-state index is 12.8. The number of rotatable bonds is 6. The summed E-state index contributed by atoms with van der Waals surface area (Å²) in [4.78, 5) is 11.3. The zero-order valence-electron chi connectivity index (χ0n) is 11.8. The van der Waals surface area contributed by atoms with E-state index in [1.54, 1.807) is 0 Å². The largest absolute Gasteiger partial charge is 0.459 e. The van der Waals surface area contributed by atoms with Crippen molar-refractivity contribution in [1.82, 2.24) is 0 Å². The van der Waals surface area contributed by atoms with Gasteiger partial charge in [0.2, 0.25) is 0 Å². The second-order valence-corrected chi connectivity index (χ2v) is 5.12. The summed E-state index contributed by atoms with van der Waals surface area (Å²) < 4.78 is 80.9. The molecule has 1 unspecified atom stereocenters. The molecule has 0 spiro atoms. The van der Waals surface area contributed by atoms with E-state index in [2.05, 4.69) is 4.74 Å². The van der Waals surface area contributed by atoms with Crippen LogP contribution in [-0.4, -0.2) is 35.1 Å². The summed E-state index contributed by atoms with van der Waals surface area (Å²) >= 11 is 0. The molecule has 0 amide bonds. The third-order valence-corrected chi connectivity index (χ3v) is 2.74. The van der Waals surface area contributed by atoms with Crippen molar-refractivity contribution in [1.29, 1.82) is 0 Å². The highest BCUT2D eigenvalue weighted by molar-refractivity contribution is 5.69. The molecule has 0 aliphatic heterocycles. The van der Waals surface area contributed by atoms with E-state index in [4.69, 9.17) is 0 Å². The number of aliphatic hydroxyl groups is 1. The third kappa shape index (κ3) is 4.76. The monoisotopic (exact) mass is 324 g/mol. The molecule has 0 fully saturated rings. The molecule has 1 N–H and O–H groups in total. The maximum Gasteiger partial charge on any atom is 0.430 e. The molecule has 0 bridgehead atoms. The fourth-order valence-electron chi connectivity index (χ4n) is 1.68. The number of halogens is 6. The van der Waals surface area contributed by atoms with Crippen molar-refractivity contribution in [3.05, 3.63) is 0 Å². The first kappa shape index (κ1) is 20.0. The number of carbonyl (C=O) groups excluding carboxylic acids is 1. The van der Waals surface area contributed by atoms with Gasteiger partial charge in [0, 0.05) is 6.42 Å². The molecule has 9 heteroatoms. The molecular weight excluding hydrogens is 306 g/mol. The standard InChI is InChI=1S/C12H18F6O3/c1-4-5-9(19)21-8(6-7(2)3)10(20,11(13,14)15)12(16,17)18/h7-8,20H,4-6H2,1-3H3. The molecule has 0 aromatic heterocycles. The van der Waals surface area contributed by atoms with E-state index in [9.17, 15) is 36.2 Å². The van der Waals surface area contributed by atoms with E-state index >= 15 is 0 Å². The zero-order valence-corrected chi connectivity index (χ0v) is 11.8. The van der Waals surface area contributed by atoms with Gasteiger partial charge in [-0.2, -0.15) is 26.3 Å². The third-order valence-electron chi connectivity index (χ3n) is 2.74. The minimum absolute atomic E-state index is 0.198. The highest BCUT2D eigenvalue weighted by Gasteiger charge is 2.75. The summed E-state index contributed by atoms with van der Waals surface area (Å²) in [6, 6.07) is 0. The molecule has 0 aliphatic carbocycles. The van der Waals surface area contributed by atoms with Gasteiger partial charge in [-0.1, -0.05) is 20.8 Å². The lowest BCUT2D eigenvalue weighted by molar-refractivity contribution is -0.392. The molecule has 1 atom stereocenters. The minimum atomic E-state index is -6.02. The van der Waals surface area contributed by atoms with Crippen molar-refractivity contribution in [2.24, 2.45) is 5.92 Å². The van der Waals surface area contributed by atoms with Gasteiger partial charge in [0.15, 0.2) is 0 Å². The summed E-state index contributed by atoms with van der Waals surface area (Å²) in [5.41, 5.74) is -5.09. The van der Waals surface area contributed by atoms with E-state index in [1.807, 2.05) is 0 Å². The first-order valence-corrected chi connectivity index (χ1v) is 6.32. The zero-order chi connectivity index (χ0) is 17.1. The smallest absolute Gasteiger partial charge is 0.430 e. The lowest BCUT2D eigenvalue weighted by atomic mass is 9.88. The van der Waals surface area contributed by atoms with Crippen LogP contribution in [0.15, 0.2) is 0 Å². The van der Waals surface area contributed by atoms with Gasteiger partial charge >= 0.3 is 18.3 Å². The quantitative estimate of drug-likeness (QED) is 0.600. The molecule has 0 heterocycles. The van der Waals surface area contributed by atoms with Crippen LogP contribution in [0.25, 0.3) is 0 Å². The Hall–Kier alpha value is -0.990. The van der Waals surface area contributed by atoms with Crippen LogP contribution in [0.1, 0.15) is 40.0 Å². The topological polar surface area (TPSA) is 46.5 Å². The van der Waals surface area contributed by atoms with Gasteiger partial charge in [0.1, 0.15) is 6.10 Å². The molecule has 21 heavy (non-hydrogen) atoms. The fourth-order valence-corrected chi connectivity index (χ4v) is 1.68. The Bertz CT molecular complexity index is 334. The Morgan fingerprint density at radius 3 is 1.81 bits per heavy atom. The number of hydrogen-bond acceptors (Lipinski definition) is 3. The van der Waals surface area contributed by atoms with E-state index in [1.165, 1.54) is 20.8 Å². The van der Waals surface area contributed by atoms with Gasteiger partial charge in [0.05, 0.1) is 0 Å². The Balaban J connectivity index is 5.65. The van der Waals surface area contributed by atoms with Crippen LogP contribution in [0.5, 0.6) is 0 Å². The second-order valence-electron chi connectivity index (χ2n) is 5.12. The molecule has 0 saturated carbocycles.